The third kappa shape index (κ3) is 2.68. The summed E-state index contributed by atoms with van der Waals surface area (Å²) >= 11 is 6.41. The van der Waals surface area contributed by atoms with Gasteiger partial charge in [-0.05, 0) is 42.5 Å². The molecule has 3 heterocycles. The second kappa shape index (κ2) is 6.20. The zero-order chi connectivity index (χ0) is 19.4. The fourth-order valence-corrected chi connectivity index (χ4v) is 4.25. The Morgan fingerprint density at radius 1 is 1.32 bits per heavy atom. The molecule has 1 atom stereocenters. The number of aryl methyl sites for hydroxylation is 1. The summed E-state index contributed by atoms with van der Waals surface area (Å²) in [6.07, 6.45) is 3.45. The molecule has 4 N–H and O–H groups in total. The van der Waals surface area contributed by atoms with Crippen LogP contribution in [0.5, 0.6) is 0 Å². The smallest absolute Gasteiger partial charge is 0.306 e. The van der Waals surface area contributed by atoms with Gasteiger partial charge in [-0.3, -0.25) is 9.59 Å². The third-order valence-electron chi connectivity index (χ3n) is 5.40. The van der Waals surface area contributed by atoms with Crippen molar-refractivity contribution in [2.75, 3.05) is 10.6 Å². The van der Waals surface area contributed by atoms with Crippen LogP contribution in [0.3, 0.4) is 0 Å². The molecule has 5 rings (SSSR count). The van der Waals surface area contributed by atoms with Gasteiger partial charge in [0, 0.05) is 11.4 Å². The number of halogens is 1. The molecule has 3 aromatic rings. The largest absolute Gasteiger partial charge is 0.481 e. The minimum absolute atomic E-state index is 0.0629. The van der Waals surface area contributed by atoms with Gasteiger partial charge < -0.3 is 20.7 Å². The van der Waals surface area contributed by atoms with Gasteiger partial charge in [0.2, 0.25) is 5.91 Å². The molecule has 142 valence electrons. The van der Waals surface area contributed by atoms with E-state index in [9.17, 15) is 14.7 Å². The van der Waals surface area contributed by atoms with Gasteiger partial charge in [0.05, 0.1) is 28.4 Å². The SMILES string of the molecule is O=C1Cc2cc(Cl)c(Nc3ncnc4[nH]c5c(c34)CC(C(=O)O)CC5)cc2N1. The molecule has 0 bridgehead atoms. The van der Waals surface area contributed by atoms with Crippen molar-refractivity contribution >= 4 is 51.7 Å². The molecule has 8 nitrogen and oxygen atoms in total. The van der Waals surface area contributed by atoms with Crippen LogP contribution < -0.4 is 10.6 Å². The standard InChI is InChI=1S/C19H16ClN5O3/c20-11-4-9-5-15(26)23-13(9)6-14(11)25-18-16-10-3-8(19(27)28)1-2-12(10)24-17(16)21-7-22-18/h4,6-8H,1-3,5H2,(H,23,26)(H,27,28)(H2,21,22,24,25). The molecule has 28 heavy (non-hydrogen) atoms. The van der Waals surface area contributed by atoms with Crippen LogP contribution in [-0.2, 0) is 28.9 Å². The highest BCUT2D eigenvalue weighted by molar-refractivity contribution is 6.33. The lowest BCUT2D eigenvalue weighted by Crippen LogP contribution is -2.21. The number of hydrogen-bond acceptors (Lipinski definition) is 5. The van der Waals surface area contributed by atoms with Gasteiger partial charge in [-0.2, -0.15) is 0 Å². The first-order valence-corrected chi connectivity index (χ1v) is 9.34. The quantitative estimate of drug-likeness (QED) is 0.539. The number of rotatable bonds is 3. The average Bonchev–Trinajstić information content (AvgIpc) is 3.20. The Morgan fingerprint density at radius 2 is 2.18 bits per heavy atom. The van der Waals surface area contributed by atoms with Crippen molar-refractivity contribution in [3.8, 4) is 0 Å². The van der Waals surface area contributed by atoms with Crippen molar-refractivity contribution in [2.24, 2.45) is 5.92 Å². The van der Waals surface area contributed by atoms with E-state index in [0.717, 1.165) is 27.9 Å². The molecule has 1 aromatic carbocycles. The van der Waals surface area contributed by atoms with Crippen LogP contribution in [0.1, 0.15) is 23.2 Å². The highest BCUT2D eigenvalue weighted by Crippen LogP contribution is 2.38. The highest BCUT2D eigenvalue weighted by atomic mass is 35.5. The van der Waals surface area contributed by atoms with E-state index in [1.807, 2.05) is 0 Å². The highest BCUT2D eigenvalue weighted by Gasteiger charge is 2.29. The molecule has 0 radical (unpaired) electrons. The summed E-state index contributed by atoms with van der Waals surface area (Å²) in [6.45, 7) is 0. The lowest BCUT2D eigenvalue weighted by Gasteiger charge is -2.19. The number of hydrogen-bond donors (Lipinski definition) is 4. The molecular weight excluding hydrogens is 382 g/mol. The van der Waals surface area contributed by atoms with Crippen molar-refractivity contribution in [1.82, 2.24) is 15.0 Å². The van der Waals surface area contributed by atoms with E-state index in [0.29, 0.717) is 47.9 Å². The number of amides is 1. The lowest BCUT2D eigenvalue weighted by molar-refractivity contribution is -0.142. The number of fused-ring (bicyclic) bond motifs is 4. The summed E-state index contributed by atoms with van der Waals surface area (Å²) in [5.41, 5.74) is 4.80. The number of H-pyrrole nitrogens is 1. The van der Waals surface area contributed by atoms with Crippen LogP contribution in [0.15, 0.2) is 18.5 Å². The number of aromatic amines is 1. The zero-order valence-corrected chi connectivity index (χ0v) is 15.4. The summed E-state index contributed by atoms with van der Waals surface area (Å²) in [4.78, 5) is 35.0. The van der Waals surface area contributed by atoms with E-state index in [4.69, 9.17) is 11.6 Å². The molecule has 1 amide bonds. The van der Waals surface area contributed by atoms with Gasteiger partial charge in [0.25, 0.3) is 0 Å². The van der Waals surface area contributed by atoms with Gasteiger partial charge in [-0.25, -0.2) is 9.97 Å². The lowest BCUT2D eigenvalue weighted by atomic mass is 9.86. The number of carbonyl (C=O) groups excluding carboxylic acids is 1. The molecule has 2 aliphatic rings. The second-order valence-electron chi connectivity index (χ2n) is 7.15. The first kappa shape index (κ1) is 17.0. The molecule has 1 aliphatic heterocycles. The molecule has 9 heteroatoms. The summed E-state index contributed by atoms with van der Waals surface area (Å²) in [7, 11) is 0. The van der Waals surface area contributed by atoms with Crippen LogP contribution in [0.4, 0.5) is 17.2 Å². The molecular formula is C19H16ClN5O3. The van der Waals surface area contributed by atoms with Crippen molar-refractivity contribution in [3.05, 3.63) is 40.3 Å². The summed E-state index contributed by atoms with van der Waals surface area (Å²) < 4.78 is 0. The number of carboxylic acids is 1. The van der Waals surface area contributed by atoms with Crippen molar-refractivity contribution in [3.63, 3.8) is 0 Å². The Morgan fingerprint density at radius 3 is 3.00 bits per heavy atom. The van der Waals surface area contributed by atoms with Gasteiger partial charge in [-0.1, -0.05) is 11.6 Å². The van der Waals surface area contributed by atoms with E-state index in [1.165, 1.54) is 6.33 Å². The monoisotopic (exact) mass is 397 g/mol. The third-order valence-corrected chi connectivity index (χ3v) is 5.71. The van der Waals surface area contributed by atoms with Gasteiger partial charge >= 0.3 is 5.97 Å². The van der Waals surface area contributed by atoms with Crippen molar-refractivity contribution in [1.29, 1.82) is 0 Å². The predicted molar refractivity (Wildman–Crippen MR) is 104 cm³/mol. The predicted octanol–water partition coefficient (Wildman–Crippen LogP) is 3.04. The molecule has 0 saturated heterocycles. The summed E-state index contributed by atoms with van der Waals surface area (Å²) in [5, 5.41) is 16.7. The minimum Gasteiger partial charge on any atom is -0.481 e. The Labute approximate surface area is 164 Å². The fourth-order valence-electron chi connectivity index (χ4n) is 4.01. The Balaban J connectivity index is 1.58. The number of aromatic nitrogens is 3. The van der Waals surface area contributed by atoms with Gasteiger partial charge in [0.1, 0.15) is 17.8 Å². The number of anilines is 3. The Hall–Kier alpha value is -3.13. The molecule has 2 aromatic heterocycles. The normalized spacial score (nSPS) is 17.9. The molecule has 0 fully saturated rings. The Kier molecular flexibility index (Phi) is 3.77. The number of carboxylic acid groups (broad SMARTS) is 1. The van der Waals surface area contributed by atoms with Crippen LogP contribution >= 0.6 is 11.6 Å². The second-order valence-corrected chi connectivity index (χ2v) is 7.55. The average molecular weight is 398 g/mol. The van der Waals surface area contributed by atoms with E-state index in [-0.39, 0.29) is 5.91 Å². The molecule has 1 unspecified atom stereocenters. The first-order valence-electron chi connectivity index (χ1n) is 8.96. The molecule has 0 spiro atoms. The topological polar surface area (TPSA) is 120 Å². The zero-order valence-electron chi connectivity index (χ0n) is 14.7. The van der Waals surface area contributed by atoms with E-state index < -0.39 is 11.9 Å². The maximum atomic E-state index is 11.6. The van der Waals surface area contributed by atoms with Crippen LogP contribution in [-0.4, -0.2) is 31.9 Å². The first-order chi connectivity index (χ1) is 13.5. The fraction of sp³-hybridized carbons (Fsp3) is 0.263. The number of aliphatic carboxylic acids is 1. The number of nitrogens with zero attached hydrogens (tertiary/aromatic N) is 2. The van der Waals surface area contributed by atoms with Crippen LogP contribution in [0, 0.1) is 5.92 Å². The maximum absolute atomic E-state index is 11.6. The van der Waals surface area contributed by atoms with E-state index in [2.05, 4.69) is 25.6 Å². The summed E-state index contributed by atoms with van der Waals surface area (Å²) in [6, 6.07) is 3.55. The molecule has 0 saturated carbocycles. The van der Waals surface area contributed by atoms with E-state index in [1.54, 1.807) is 12.1 Å². The Bertz CT molecular complexity index is 1160. The number of benzene rings is 1. The summed E-state index contributed by atoms with van der Waals surface area (Å²) in [5.74, 6) is -0.714. The molecule has 1 aliphatic carbocycles. The van der Waals surface area contributed by atoms with Crippen molar-refractivity contribution < 1.29 is 14.7 Å². The maximum Gasteiger partial charge on any atom is 0.306 e. The van der Waals surface area contributed by atoms with Gasteiger partial charge in [0.15, 0.2) is 0 Å². The number of nitrogens with one attached hydrogen (secondary N) is 3. The van der Waals surface area contributed by atoms with Crippen molar-refractivity contribution in [2.45, 2.75) is 25.7 Å². The van der Waals surface area contributed by atoms with Crippen LogP contribution in [0.2, 0.25) is 5.02 Å². The number of carbonyl (C=O) groups is 2. The van der Waals surface area contributed by atoms with E-state index >= 15 is 0 Å². The van der Waals surface area contributed by atoms with Gasteiger partial charge in [-0.15, -0.1) is 0 Å². The minimum atomic E-state index is -0.788. The van der Waals surface area contributed by atoms with Crippen LogP contribution in [0.25, 0.3) is 11.0 Å².